The van der Waals surface area contributed by atoms with Crippen LogP contribution >= 0.6 is 0 Å². The molecule has 0 aliphatic carbocycles. The second-order valence-corrected chi connectivity index (χ2v) is 36.2. The van der Waals surface area contributed by atoms with E-state index in [-0.39, 0.29) is 37.2 Å². The van der Waals surface area contributed by atoms with E-state index in [0.29, 0.717) is 0 Å². The quantitative estimate of drug-likeness (QED) is 0.0414. The third kappa shape index (κ3) is 83.8. The van der Waals surface area contributed by atoms with Gasteiger partial charge in [-0.1, -0.05) is 474 Å². The molecule has 0 radical (unpaired) electrons. The first-order chi connectivity index (χ1) is 56.7. The highest BCUT2D eigenvalue weighted by Gasteiger charge is 2.09. The SMILES string of the molecule is CCCCCCCCCCCCCCCCN1C=CC(C)=CC1.CCCCCCCCCCCCCCCCN1C=CC=C(C)C1.CCCCCCCCCCCCCCCC[n+]1ccccc1C.CCCCCCCCCCCCCCCC[n+]1ccccc1C.CCCCCCCCCCCCCCCC[n+]1ccccc1C.[Cl-].[Cl-].[Cl-]. The second kappa shape index (κ2) is 97.7. The summed E-state index contributed by atoms with van der Waals surface area (Å²) in [7, 11) is 0. The zero-order valence-electron chi connectivity index (χ0n) is 80.7. The number of hydrogen-bond acceptors (Lipinski definition) is 2. The number of rotatable bonds is 75. The van der Waals surface area contributed by atoms with Gasteiger partial charge in [-0.25, -0.2) is 13.7 Å². The summed E-state index contributed by atoms with van der Waals surface area (Å²) in [6.45, 7) is 30.7. The summed E-state index contributed by atoms with van der Waals surface area (Å²) < 4.78 is 7.13. The van der Waals surface area contributed by atoms with Crippen LogP contribution in [-0.2, 0) is 19.6 Å². The van der Waals surface area contributed by atoms with Crippen molar-refractivity contribution in [3.05, 3.63) is 138 Å². The summed E-state index contributed by atoms with van der Waals surface area (Å²) in [4.78, 5) is 4.89. The second-order valence-electron chi connectivity index (χ2n) is 36.2. The van der Waals surface area contributed by atoms with Gasteiger partial charge in [-0.15, -0.1) is 0 Å². The lowest BCUT2D eigenvalue weighted by Crippen LogP contribution is -3.00. The topological polar surface area (TPSA) is 18.1 Å². The van der Waals surface area contributed by atoms with Crippen LogP contribution in [0.1, 0.15) is 515 Å². The van der Waals surface area contributed by atoms with Gasteiger partial charge in [0.1, 0.15) is 19.6 Å². The van der Waals surface area contributed by atoms with E-state index in [1.165, 1.54) is 510 Å². The van der Waals surface area contributed by atoms with E-state index in [4.69, 9.17) is 0 Å². The van der Waals surface area contributed by atoms with E-state index in [9.17, 15) is 0 Å². The Morgan fingerprint density at radius 2 is 0.458 bits per heavy atom. The molecule has 5 nitrogen and oxygen atoms in total. The first-order valence-corrected chi connectivity index (χ1v) is 51.7. The van der Waals surface area contributed by atoms with Crippen molar-refractivity contribution in [2.45, 2.75) is 538 Å². The Morgan fingerprint density at radius 1 is 0.246 bits per heavy atom. The van der Waals surface area contributed by atoms with Gasteiger partial charge in [0, 0.05) is 103 Å². The summed E-state index contributed by atoms with van der Waals surface area (Å²) in [6, 6.07) is 19.4. The molecule has 118 heavy (non-hydrogen) atoms. The lowest BCUT2D eigenvalue weighted by atomic mass is 10.0. The van der Waals surface area contributed by atoms with Gasteiger partial charge in [-0.2, -0.15) is 0 Å². The van der Waals surface area contributed by atoms with Crippen molar-refractivity contribution >= 4 is 0 Å². The Hall–Kier alpha value is -3.12. The van der Waals surface area contributed by atoms with Gasteiger partial charge in [-0.05, 0) is 70.5 Å². The first-order valence-electron chi connectivity index (χ1n) is 51.7. The van der Waals surface area contributed by atoms with Crippen LogP contribution < -0.4 is 50.9 Å². The Kier molecular flexibility index (Phi) is 98.5. The highest BCUT2D eigenvalue weighted by molar-refractivity contribution is 5.20. The van der Waals surface area contributed by atoms with Gasteiger partial charge in [-0.3, -0.25) is 0 Å². The fourth-order valence-corrected chi connectivity index (χ4v) is 16.6. The Bertz CT molecular complexity index is 2400. The molecule has 2 aliphatic heterocycles. The molecule has 3 aromatic rings. The van der Waals surface area contributed by atoms with Crippen LogP contribution in [0.4, 0.5) is 0 Å². The summed E-state index contributed by atoms with van der Waals surface area (Å²) >= 11 is 0. The maximum absolute atomic E-state index is 2.45. The van der Waals surface area contributed by atoms with Gasteiger partial charge >= 0.3 is 0 Å². The molecule has 5 rings (SSSR count). The highest BCUT2D eigenvalue weighted by atomic mass is 35.5. The van der Waals surface area contributed by atoms with Gasteiger partial charge in [0.15, 0.2) is 35.7 Å². The van der Waals surface area contributed by atoms with E-state index in [2.05, 4.69) is 203 Å². The zero-order valence-corrected chi connectivity index (χ0v) is 83.0. The molecule has 0 unspecified atom stereocenters. The maximum atomic E-state index is 2.45. The van der Waals surface area contributed by atoms with Crippen molar-refractivity contribution in [1.29, 1.82) is 0 Å². The van der Waals surface area contributed by atoms with Gasteiger partial charge < -0.3 is 47.0 Å². The minimum Gasteiger partial charge on any atom is -1.00 e. The molecule has 0 saturated carbocycles. The zero-order chi connectivity index (χ0) is 82.9. The Labute approximate surface area is 758 Å². The average molecular weight is 1700 g/mol. The molecule has 0 bridgehead atoms. The number of aromatic nitrogens is 3. The lowest BCUT2D eigenvalue weighted by Gasteiger charge is -2.23. The third-order valence-corrected chi connectivity index (χ3v) is 24.7. The van der Waals surface area contributed by atoms with Crippen molar-refractivity contribution < 1.29 is 50.9 Å². The molecule has 688 valence electrons. The summed E-state index contributed by atoms with van der Waals surface area (Å²) in [5.41, 5.74) is 7.02. The van der Waals surface area contributed by atoms with E-state index in [1.807, 2.05) is 0 Å². The number of aryl methyl sites for hydroxylation is 6. The van der Waals surface area contributed by atoms with Crippen molar-refractivity contribution in [2.75, 3.05) is 26.2 Å². The predicted molar refractivity (Wildman–Crippen MR) is 515 cm³/mol. The number of halogens is 3. The van der Waals surface area contributed by atoms with Gasteiger partial charge in [0.2, 0.25) is 0 Å². The van der Waals surface area contributed by atoms with Crippen molar-refractivity contribution in [1.82, 2.24) is 9.80 Å². The average Bonchev–Trinajstić information content (AvgIpc) is 0.978. The third-order valence-electron chi connectivity index (χ3n) is 24.7. The van der Waals surface area contributed by atoms with Crippen LogP contribution in [0.2, 0.25) is 0 Å². The van der Waals surface area contributed by atoms with Crippen LogP contribution in [0.3, 0.4) is 0 Å². The molecule has 0 saturated heterocycles. The molecular weight excluding hydrogens is 1500 g/mol. The molecule has 0 atom stereocenters. The first kappa shape index (κ1) is 119. The fourth-order valence-electron chi connectivity index (χ4n) is 16.6. The highest BCUT2D eigenvalue weighted by Crippen LogP contribution is 2.20. The Morgan fingerprint density at radius 3 is 0.661 bits per heavy atom. The van der Waals surface area contributed by atoms with E-state index in [0.717, 1.165) is 13.1 Å². The van der Waals surface area contributed by atoms with Crippen molar-refractivity contribution in [3.63, 3.8) is 0 Å². The molecular formula is C110H202Cl3N5. The van der Waals surface area contributed by atoms with Crippen LogP contribution in [0.5, 0.6) is 0 Å². The van der Waals surface area contributed by atoms with Crippen LogP contribution in [0.25, 0.3) is 0 Å². The number of unbranched alkanes of at least 4 members (excludes halogenated alkanes) is 65. The van der Waals surface area contributed by atoms with Gasteiger partial charge in [0.25, 0.3) is 0 Å². The van der Waals surface area contributed by atoms with Crippen molar-refractivity contribution in [2.24, 2.45) is 0 Å². The summed E-state index contributed by atoms with van der Waals surface area (Å²) in [5.74, 6) is 0. The molecule has 0 aromatic carbocycles. The monoisotopic (exact) mass is 1700 g/mol. The van der Waals surface area contributed by atoms with Gasteiger partial charge in [0.05, 0.1) is 0 Å². The van der Waals surface area contributed by atoms with Crippen LogP contribution in [0.15, 0.2) is 121 Å². The van der Waals surface area contributed by atoms with E-state index >= 15 is 0 Å². The minimum absolute atomic E-state index is 0. The van der Waals surface area contributed by atoms with Crippen molar-refractivity contribution in [3.8, 4) is 0 Å². The number of allylic oxidation sites excluding steroid dienone is 4. The minimum atomic E-state index is 0. The number of nitrogens with zero attached hydrogens (tertiary/aromatic N) is 5. The summed E-state index contributed by atoms with van der Waals surface area (Å²) in [5, 5.41) is 0. The normalized spacial score (nSPS) is 12.1. The standard InChI is InChI=1S/3C22H40N.2C22H41N.3ClH/c3*1-3-4-5-6-7-8-9-10-11-12-13-14-15-17-20-23-21-18-16-19-22(23)2;1-3-4-5-6-7-8-9-10-11-12-13-14-15-16-19-23-20-17-22(2)18-21-23;1-3-4-5-6-7-8-9-10-11-12-13-14-15-16-19-23-20-17-18-22(2)21-23;;;/h3*16,18-19,21H,3-15,17,20H2,1-2H3;2*17-18,20H,3-16,19,21H2,1-2H3;3*1H/q3*+1;;;;;/p-3. The predicted octanol–water partition coefficient (Wildman–Crippen LogP) is 25.8. The molecule has 5 heterocycles. The maximum Gasteiger partial charge on any atom is 0.178 e. The van der Waals surface area contributed by atoms with Crippen LogP contribution in [0, 0.1) is 20.8 Å². The molecule has 0 fully saturated rings. The molecule has 0 N–H and O–H groups in total. The smallest absolute Gasteiger partial charge is 0.178 e. The van der Waals surface area contributed by atoms with Crippen LogP contribution in [-0.4, -0.2) is 36.0 Å². The lowest BCUT2D eigenvalue weighted by molar-refractivity contribution is -0.703. The number of pyridine rings is 3. The molecule has 8 heteroatoms. The Balaban J connectivity index is -0.00000139. The van der Waals surface area contributed by atoms with E-state index in [1.54, 1.807) is 0 Å². The fraction of sp³-hybridized carbons (Fsp3) is 0.791. The molecule has 0 amide bonds. The largest absolute Gasteiger partial charge is 1.00 e. The summed E-state index contributed by atoms with van der Waals surface area (Å²) in [6.07, 6.45) is 121. The molecule has 3 aromatic heterocycles. The van der Waals surface area contributed by atoms with E-state index < -0.39 is 0 Å². The molecule has 2 aliphatic rings. The number of hydrogen-bond donors (Lipinski definition) is 0. The molecule has 0 spiro atoms.